The summed E-state index contributed by atoms with van der Waals surface area (Å²) < 4.78 is 5.50. The van der Waals surface area contributed by atoms with Gasteiger partial charge in [0.05, 0.1) is 5.56 Å². The van der Waals surface area contributed by atoms with Crippen LogP contribution in [0.2, 0.25) is 0 Å². The fourth-order valence-electron chi connectivity index (χ4n) is 2.37. The van der Waals surface area contributed by atoms with Gasteiger partial charge in [-0.25, -0.2) is 0 Å². The van der Waals surface area contributed by atoms with Crippen LogP contribution in [0.5, 0.6) is 0 Å². The van der Waals surface area contributed by atoms with Crippen molar-refractivity contribution in [3.05, 3.63) is 59.7 Å². The van der Waals surface area contributed by atoms with E-state index in [1.165, 1.54) is 11.1 Å². The molecule has 0 aliphatic heterocycles. The summed E-state index contributed by atoms with van der Waals surface area (Å²) in [4.78, 5) is 0. The number of aryl methyl sites for hydroxylation is 1. The number of hydrogen-bond donors (Lipinski definition) is 1. The predicted molar refractivity (Wildman–Crippen MR) is 81.3 cm³/mol. The van der Waals surface area contributed by atoms with E-state index in [2.05, 4.69) is 25.1 Å². The smallest absolute Gasteiger partial charge is 0.177 e. The van der Waals surface area contributed by atoms with Crippen LogP contribution >= 0.6 is 0 Å². The van der Waals surface area contributed by atoms with E-state index in [0.29, 0.717) is 5.82 Å². The van der Waals surface area contributed by atoms with E-state index in [9.17, 15) is 0 Å². The van der Waals surface area contributed by atoms with Crippen molar-refractivity contribution in [1.29, 1.82) is 0 Å². The van der Waals surface area contributed by atoms with Crippen LogP contribution in [-0.4, -0.2) is 5.16 Å². The number of nitrogens with two attached hydrogens (primary N) is 1. The molecule has 3 rings (SSSR count). The van der Waals surface area contributed by atoms with Gasteiger partial charge in [0.15, 0.2) is 11.6 Å². The van der Waals surface area contributed by atoms with E-state index in [4.69, 9.17) is 10.3 Å². The van der Waals surface area contributed by atoms with Crippen molar-refractivity contribution in [1.82, 2.24) is 5.16 Å². The molecule has 0 bridgehead atoms. The summed E-state index contributed by atoms with van der Waals surface area (Å²) in [7, 11) is 0. The van der Waals surface area contributed by atoms with E-state index in [0.717, 1.165) is 22.5 Å². The average Bonchev–Trinajstić information content (AvgIpc) is 2.84. The number of benzene rings is 2. The maximum atomic E-state index is 5.99. The number of hydrogen-bond acceptors (Lipinski definition) is 3. The molecule has 0 radical (unpaired) electrons. The highest BCUT2D eigenvalue weighted by Crippen LogP contribution is 2.38. The van der Waals surface area contributed by atoms with Gasteiger partial charge in [0.25, 0.3) is 0 Å². The van der Waals surface area contributed by atoms with Crippen molar-refractivity contribution in [3.8, 4) is 22.5 Å². The summed E-state index contributed by atoms with van der Waals surface area (Å²) in [6.45, 7) is 4.17. The molecule has 3 aromatic rings. The fraction of sp³-hybridized carbons (Fsp3) is 0.118. The molecule has 2 N–H and O–H groups in total. The van der Waals surface area contributed by atoms with Crippen LogP contribution in [-0.2, 0) is 0 Å². The summed E-state index contributed by atoms with van der Waals surface area (Å²) in [5.41, 5.74) is 11.3. The van der Waals surface area contributed by atoms with Crippen molar-refractivity contribution in [2.24, 2.45) is 0 Å². The van der Waals surface area contributed by atoms with Crippen LogP contribution in [0.3, 0.4) is 0 Å². The lowest BCUT2D eigenvalue weighted by atomic mass is 9.96. The SMILES string of the molecule is Cc1cccc(-c2onc(N)c2-c2ccccc2)c1C. The predicted octanol–water partition coefficient (Wildman–Crippen LogP) is 4.21. The minimum atomic E-state index is 0.423. The Morgan fingerprint density at radius 3 is 2.45 bits per heavy atom. The third kappa shape index (κ3) is 1.97. The van der Waals surface area contributed by atoms with E-state index in [1.807, 2.05) is 42.5 Å². The molecule has 0 aliphatic carbocycles. The zero-order chi connectivity index (χ0) is 14.1. The second kappa shape index (κ2) is 4.85. The molecule has 0 fully saturated rings. The van der Waals surface area contributed by atoms with Crippen LogP contribution in [0.15, 0.2) is 53.1 Å². The summed E-state index contributed by atoms with van der Waals surface area (Å²) in [6, 6.07) is 16.1. The third-order valence-corrected chi connectivity index (χ3v) is 3.63. The Labute approximate surface area is 118 Å². The van der Waals surface area contributed by atoms with Gasteiger partial charge >= 0.3 is 0 Å². The van der Waals surface area contributed by atoms with Crippen LogP contribution in [0.4, 0.5) is 5.82 Å². The molecule has 0 amide bonds. The summed E-state index contributed by atoms with van der Waals surface area (Å²) in [6.07, 6.45) is 0. The molecule has 0 saturated heterocycles. The maximum Gasteiger partial charge on any atom is 0.177 e. The molecule has 0 aliphatic rings. The van der Waals surface area contributed by atoms with Gasteiger partial charge in [0.2, 0.25) is 0 Å². The van der Waals surface area contributed by atoms with Gasteiger partial charge in [-0.3, -0.25) is 0 Å². The third-order valence-electron chi connectivity index (χ3n) is 3.63. The number of nitrogens with zero attached hydrogens (tertiary/aromatic N) is 1. The summed E-state index contributed by atoms with van der Waals surface area (Å²) >= 11 is 0. The van der Waals surface area contributed by atoms with E-state index < -0.39 is 0 Å². The Kier molecular flexibility index (Phi) is 3.03. The van der Waals surface area contributed by atoms with Crippen LogP contribution in [0.25, 0.3) is 22.5 Å². The molecular weight excluding hydrogens is 248 g/mol. The van der Waals surface area contributed by atoms with Gasteiger partial charge in [-0.1, -0.05) is 53.7 Å². The molecule has 20 heavy (non-hydrogen) atoms. The number of nitrogen functional groups attached to an aromatic ring is 1. The molecule has 0 saturated carbocycles. The lowest BCUT2D eigenvalue weighted by Gasteiger charge is -2.07. The molecule has 1 heterocycles. The first-order chi connectivity index (χ1) is 9.68. The van der Waals surface area contributed by atoms with Crippen molar-refractivity contribution in [2.75, 3.05) is 5.73 Å². The van der Waals surface area contributed by atoms with E-state index >= 15 is 0 Å². The summed E-state index contributed by atoms with van der Waals surface area (Å²) in [5.74, 6) is 1.15. The van der Waals surface area contributed by atoms with Gasteiger partial charge in [0.1, 0.15) is 0 Å². The molecule has 3 heteroatoms. The Hall–Kier alpha value is -2.55. The van der Waals surface area contributed by atoms with Crippen molar-refractivity contribution >= 4 is 5.82 Å². The van der Waals surface area contributed by atoms with Gasteiger partial charge in [-0.15, -0.1) is 0 Å². The first kappa shape index (κ1) is 12.5. The van der Waals surface area contributed by atoms with Gasteiger partial charge in [-0.2, -0.15) is 0 Å². The lowest BCUT2D eigenvalue weighted by Crippen LogP contribution is -1.90. The maximum absolute atomic E-state index is 5.99. The highest BCUT2D eigenvalue weighted by Gasteiger charge is 2.19. The first-order valence-electron chi connectivity index (χ1n) is 6.55. The monoisotopic (exact) mass is 264 g/mol. The van der Waals surface area contributed by atoms with Crippen molar-refractivity contribution in [2.45, 2.75) is 13.8 Å². The molecular formula is C17H16N2O. The standard InChI is InChI=1S/C17H16N2O/c1-11-7-6-10-14(12(11)2)16-15(17(18)19-20-16)13-8-4-3-5-9-13/h3-10H,1-2H3,(H2,18,19). The van der Waals surface area contributed by atoms with E-state index in [1.54, 1.807) is 0 Å². The largest absolute Gasteiger partial charge is 0.380 e. The fourth-order valence-corrected chi connectivity index (χ4v) is 2.37. The molecule has 3 nitrogen and oxygen atoms in total. The van der Waals surface area contributed by atoms with Crippen LogP contribution in [0.1, 0.15) is 11.1 Å². The number of anilines is 1. The minimum absolute atomic E-state index is 0.423. The first-order valence-corrected chi connectivity index (χ1v) is 6.55. The molecule has 0 atom stereocenters. The molecule has 2 aromatic carbocycles. The van der Waals surface area contributed by atoms with E-state index in [-0.39, 0.29) is 0 Å². The van der Waals surface area contributed by atoms with Crippen LogP contribution in [0, 0.1) is 13.8 Å². The minimum Gasteiger partial charge on any atom is -0.380 e. The van der Waals surface area contributed by atoms with Crippen LogP contribution < -0.4 is 5.73 Å². The number of rotatable bonds is 2. The zero-order valence-corrected chi connectivity index (χ0v) is 11.6. The normalized spacial score (nSPS) is 10.7. The average molecular weight is 264 g/mol. The summed E-state index contributed by atoms with van der Waals surface area (Å²) in [5, 5.41) is 3.94. The second-order valence-electron chi connectivity index (χ2n) is 4.89. The Bertz CT molecular complexity index is 745. The van der Waals surface area contributed by atoms with Gasteiger partial charge < -0.3 is 10.3 Å². The Morgan fingerprint density at radius 2 is 1.70 bits per heavy atom. The highest BCUT2D eigenvalue weighted by molar-refractivity contribution is 5.87. The van der Waals surface area contributed by atoms with Gasteiger partial charge in [0, 0.05) is 5.56 Å². The second-order valence-corrected chi connectivity index (χ2v) is 4.89. The van der Waals surface area contributed by atoms with Crippen molar-refractivity contribution < 1.29 is 4.52 Å². The quantitative estimate of drug-likeness (QED) is 0.754. The van der Waals surface area contributed by atoms with Crippen molar-refractivity contribution in [3.63, 3.8) is 0 Å². The molecule has 100 valence electrons. The lowest BCUT2D eigenvalue weighted by molar-refractivity contribution is 0.436. The Balaban J connectivity index is 2.24. The number of aromatic nitrogens is 1. The zero-order valence-electron chi connectivity index (χ0n) is 11.6. The molecule has 1 aromatic heterocycles. The Morgan fingerprint density at radius 1 is 0.950 bits per heavy atom. The molecule has 0 spiro atoms. The highest BCUT2D eigenvalue weighted by atomic mass is 16.5. The topological polar surface area (TPSA) is 52.0 Å². The molecule has 0 unspecified atom stereocenters. The van der Waals surface area contributed by atoms with Gasteiger partial charge in [-0.05, 0) is 30.5 Å².